The molecule has 5 nitrogen and oxygen atoms in total. The van der Waals surface area contributed by atoms with Crippen LogP contribution in [-0.2, 0) is 0 Å². The van der Waals surface area contributed by atoms with Gasteiger partial charge in [-0.1, -0.05) is 182 Å². The second kappa shape index (κ2) is 14.7. The molecule has 0 atom stereocenters. The van der Waals surface area contributed by atoms with Crippen LogP contribution in [0.2, 0.25) is 0 Å². The molecule has 0 radical (unpaired) electrons. The average molecular weight is 792 g/mol. The van der Waals surface area contributed by atoms with Crippen molar-refractivity contribution in [1.82, 2.24) is 24.1 Å². The molecular formula is C57H37N5. The van der Waals surface area contributed by atoms with Crippen LogP contribution in [0.3, 0.4) is 0 Å². The van der Waals surface area contributed by atoms with Gasteiger partial charge in [-0.3, -0.25) is 0 Å². The minimum atomic E-state index is 0.611. The fourth-order valence-corrected chi connectivity index (χ4v) is 9.06. The van der Waals surface area contributed by atoms with Gasteiger partial charge in [0, 0.05) is 43.9 Å². The zero-order valence-corrected chi connectivity index (χ0v) is 33.6. The Morgan fingerprint density at radius 3 is 1.24 bits per heavy atom. The third kappa shape index (κ3) is 5.98. The van der Waals surface area contributed by atoms with E-state index >= 15 is 0 Å². The summed E-state index contributed by atoms with van der Waals surface area (Å²) in [5, 5.41) is 4.77. The van der Waals surface area contributed by atoms with Crippen LogP contribution in [0.25, 0.3) is 111 Å². The van der Waals surface area contributed by atoms with Crippen LogP contribution >= 0.6 is 0 Å². The molecule has 12 aromatic rings. The Hall–Kier alpha value is -8.41. The number of benzene rings is 9. The van der Waals surface area contributed by atoms with Crippen LogP contribution in [0.1, 0.15) is 0 Å². The van der Waals surface area contributed by atoms with Crippen LogP contribution in [0, 0.1) is 0 Å². The van der Waals surface area contributed by atoms with E-state index in [1.54, 1.807) is 0 Å². The van der Waals surface area contributed by atoms with Gasteiger partial charge in [0.15, 0.2) is 17.5 Å². The summed E-state index contributed by atoms with van der Waals surface area (Å²) in [7, 11) is 0. The highest BCUT2D eigenvalue weighted by atomic mass is 15.1. The number of fused-ring (bicyclic) bond motifs is 6. The van der Waals surface area contributed by atoms with E-state index in [0.29, 0.717) is 17.5 Å². The Morgan fingerprint density at radius 2 is 0.677 bits per heavy atom. The Morgan fingerprint density at radius 1 is 0.258 bits per heavy atom. The van der Waals surface area contributed by atoms with Gasteiger partial charge in [0.05, 0.1) is 27.8 Å². The first-order valence-electron chi connectivity index (χ1n) is 20.9. The van der Waals surface area contributed by atoms with Crippen molar-refractivity contribution in [3.05, 3.63) is 224 Å². The smallest absolute Gasteiger partial charge is 0.166 e. The zero-order valence-electron chi connectivity index (χ0n) is 33.6. The van der Waals surface area contributed by atoms with Crippen molar-refractivity contribution in [2.75, 3.05) is 0 Å². The Bertz CT molecular complexity index is 3460. The van der Waals surface area contributed by atoms with Crippen LogP contribution in [0.5, 0.6) is 0 Å². The molecule has 9 aromatic carbocycles. The second-order valence-electron chi connectivity index (χ2n) is 15.6. The minimum absolute atomic E-state index is 0.611. The first-order valence-corrected chi connectivity index (χ1v) is 20.9. The fourth-order valence-electron chi connectivity index (χ4n) is 9.06. The maximum Gasteiger partial charge on any atom is 0.166 e. The van der Waals surface area contributed by atoms with E-state index in [1.165, 1.54) is 43.8 Å². The average Bonchev–Trinajstić information content (AvgIpc) is 3.86. The lowest BCUT2D eigenvalue weighted by atomic mass is 10.0. The van der Waals surface area contributed by atoms with Gasteiger partial charge in [0.25, 0.3) is 0 Å². The topological polar surface area (TPSA) is 48.5 Å². The van der Waals surface area contributed by atoms with Crippen molar-refractivity contribution in [1.29, 1.82) is 0 Å². The highest BCUT2D eigenvalue weighted by Crippen LogP contribution is 2.41. The summed E-state index contributed by atoms with van der Waals surface area (Å²) in [6.45, 7) is 0. The molecule has 0 N–H and O–H groups in total. The van der Waals surface area contributed by atoms with Gasteiger partial charge in [-0.15, -0.1) is 0 Å². The molecule has 0 fully saturated rings. The Balaban J connectivity index is 1.12. The maximum absolute atomic E-state index is 5.18. The van der Waals surface area contributed by atoms with Gasteiger partial charge in [-0.25, -0.2) is 15.0 Å². The van der Waals surface area contributed by atoms with Gasteiger partial charge in [0.2, 0.25) is 0 Å². The van der Waals surface area contributed by atoms with Gasteiger partial charge in [-0.2, -0.15) is 0 Å². The van der Waals surface area contributed by atoms with E-state index in [4.69, 9.17) is 15.0 Å². The van der Waals surface area contributed by atoms with Crippen molar-refractivity contribution < 1.29 is 0 Å². The molecule has 0 aliphatic heterocycles. The molecule has 3 aromatic heterocycles. The van der Waals surface area contributed by atoms with E-state index in [9.17, 15) is 0 Å². The number of hydrogen-bond acceptors (Lipinski definition) is 3. The fraction of sp³-hybridized carbons (Fsp3) is 0. The molecule has 5 heteroatoms. The number of nitrogens with zero attached hydrogens (tertiary/aromatic N) is 5. The van der Waals surface area contributed by atoms with E-state index in [-0.39, 0.29) is 0 Å². The SMILES string of the molecule is c1ccc(-c2ccc3c4ccc(-c5ccccc5)cc4n(-c4ccc5c6ccccc6n(-c6ccccc6-c6nc(-c7ccccc7)nc(-c7ccccc7)n6)c5c4)c3c2)cc1. The van der Waals surface area contributed by atoms with Gasteiger partial charge in [-0.05, 0) is 64.7 Å². The van der Waals surface area contributed by atoms with Crippen molar-refractivity contribution in [3.8, 4) is 67.8 Å². The molecule has 0 spiro atoms. The van der Waals surface area contributed by atoms with Crippen LogP contribution in [0.15, 0.2) is 224 Å². The van der Waals surface area contributed by atoms with Gasteiger partial charge < -0.3 is 9.13 Å². The summed E-state index contributed by atoms with van der Waals surface area (Å²) in [6, 6.07) is 79.4. The normalized spacial score (nSPS) is 11.5. The largest absolute Gasteiger partial charge is 0.309 e. The summed E-state index contributed by atoms with van der Waals surface area (Å²) < 4.78 is 4.83. The third-order valence-corrected chi connectivity index (χ3v) is 12.0. The molecule has 0 bridgehead atoms. The lowest BCUT2D eigenvalue weighted by Gasteiger charge is -2.15. The highest BCUT2D eigenvalue weighted by Gasteiger charge is 2.21. The molecule has 12 rings (SSSR count). The molecule has 0 aliphatic rings. The predicted octanol–water partition coefficient (Wildman–Crippen LogP) is 14.4. The van der Waals surface area contributed by atoms with Crippen LogP contribution in [-0.4, -0.2) is 24.1 Å². The first kappa shape index (κ1) is 35.5. The highest BCUT2D eigenvalue weighted by molar-refractivity contribution is 6.13. The van der Waals surface area contributed by atoms with Crippen LogP contribution < -0.4 is 0 Å². The lowest BCUT2D eigenvalue weighted by Crippen LogP contribution is -2.03. The van der Waals surface area contributed by atoms with Crippen LogP contribution in [0.4, 0.5) is 0 Å². The molecular weight excluding hydrogens is 755 g/mol. The van der Waals surface area contributed by atoms with Gasteiger partial charge in [0.1, 0.15) is 0 Å². The quantitative estimate of drug-likeness (QED) is 0.162. The Labute approximate surface area is 358 Å². The van der Waals surface area contributed by atoms with Crippen molar-refractivity contribution >= 4 is 43.6 Å². The molecule has 3 heterocycles. The summed E-state index contributed by atoms with van der Waals surface area (Å²) >= 11 is 0. The number of rotatable bonds is 7. The monoisotopic (exact) mass is 791 g/mol. The van der Waals surface area contributed by atoms with E-state index in [2.05, 4.69) is 197 Å². The molecule has 0 unspecified atom stereocenters. The second-order valence-corrected chi connectivity index (χ2v) is 15.6. The maximum atomic E-state index is 5.18. The van der Waals surface area contributed by atoms with E-state index in [0.717, 1.165) is 50.1 Å². The first-order chi connectivity index (χ1) is 30.7. The van der Waals surface area contributed by atoms with E-state index in [1.807, 2.05) is 36.4 Å². The van der Waals surface area contributed by atoms with Crippen molar-refractivity contribution in [2.24, 2.45) is 0 Å². The summed E-state index contributed by atoms with van der Waals surface area (Å²) in [5.74, 6) is 1.87. The molecule has 0 aliphatic carbocycles. The molecule has 0 saturated carbocycles. The minimum Gasteiger partial charge on any atom is -0.309 e. The number of aromatic nitrogens is 5. The standard InChI is InChI=1S/C57H37N5/c1-5-17-38(18-6-1)42-29-32-46-47-33-30-43(39-19-7-2-8-20-39)36-53(47)61(52(46)35-42)44-31-34-48-45-25-13-15-27-50(45)62(54(48)37-44)51-28-16-14-26-49(51)57-59-55(40-21-9-3-10-22-40)58-56(60-57)41-23-11-4-12-24-41/h1-37H. The number of hydrogen-bond donors (Lipinski definition) is 0. The van der Waals surface area contributed by atoms with Crippen molar-refractivity contribution in [2.45, 2.75) is 0 Å². The third-order valence-electron chi connectivity index (χ3n) is 12.0. The predicted molar refractivity (Wildman–Crippen MR) is 256 cm³/mol. The van der Waals surface area contributed by atoms with Crippen molar-refractivity contribution in [3.63, 3.8) is 0 Å². The molecule has 0 amide bonds. The lowest BCUT2D eigenvalue weighted by molar-refractivity contribution is 1.06. The number of para-hydroxylation sites is 2. The molecule has 62 heavy (non-hydrogen) atoms. The molecule has 0 saturated heterocycles. The zero-order chi connectivity index (χ0) is 41.0. The summed E-state index contributed by atoms with van der Waals surface area (Å²) in [5.41, 5.74) is 14.1. The molecule has 290 valence electrons. The van der Waals surface area contributed by atoms with E-state index < -0.39 is 0 Å². The summed E-state index contributed by atoms with van der Waals surface area (Å²) in [4.78, 5) is 15.4. The summed E-state index contributed by atoms with van der Waals surface area (Å²) in [6.07, 6.45) is 0. The van der Waals surface area contributed by atoms with Gasteiger partial charge >= 0.3 is 0 Å². The Kier molecular flexibility index (Phi) is 8.42.